The van der Waals surface area contributed by atoms with E-state index in [-0.39, 0.29) is 18.4 Å². The fourth-order valence-corrected chi connectivity index (χ4v) is 2.55. The zero-order valence-electron chi connectivity index (χ0n) is 14.8. The lowest BCUT2D eigenvalue weighted by atomic mass is 9.90. The van der Waals surface area contributed by atoms with E-state index in [0.717, 1.165) is 22.4 Å². The van der Waals surface area contributed by atoms with Gasteiger partial charge in [-0.1, -0.05) is 17.7 Å². The number of hydrogen-bond donors (Lipinski definition) is 2. The number of anilines is 1. The highest BCUT2D eigenvalue weighted by molar-refractivity contribution is 6.10. The molecule has 5 nitrogen and oxygen atoms in total. The SMILES string of the molecule is Cc1cc(C)c(NC(=O)C(C)(C)C(=O)NCc2ccco2)c(C)c1. The molecule has 24 heavy (non-hydrogen) atoms. The Hall–Kier alpha value is -2.56. The van der Waals surface area contributed by atoms with E-state index in [9.17, 15) is 9.59 Å². The van der Waals surface area contributed by atoms with Crippen molar-refractivity contribution in [2.45, 2.75) is 41.2 Å². The summed E-state index contributed by atoms with van der Waals surface area (Å²) in [5, 5.41) is 5.63. The van der Waals surface area contributed by atoms with Gasteiger partial charge in [-0.25, -0.2) is 0 Å². The first-order chi connectivity index (χ1) is 11.2. The second kappa shape index (κ2) is 6.91. The number of hydrogen-bond acceptors (Lipinski definition) is 3. The Kier molecular flexibility index (Phi) is 5.12. The molecule has 0 atom stereocenters. The molecule has 1 aromatic carbocycles. The van der Waals surface area contributed by atoms with Crippen LogP contribution in [-0.4, -0.2) is 11.8 Å². The van der Waals surface area contributed by atoms with Crippen LogP contribution in [0.15, 0.2) is 34.9 Å². The Morgan fingerprint density at radius 3 is 2.25 bits per heavy atom. The summed E-state index contributed by atoms with van der Waals surface area (Å²) in [4.78, 5) is 25.0. The van der Waals surface area contributed by atoms with Crippen molar-refractivity contribution in [1.29, 1.82) is 0 Å². The normalized spacial score (nSPS) is 11.2. The van der Waals surface area contributed by atoms with Gasteiger partial charge in [-0.05, 0) is 57.9 Å². The molecule has 0 saturated carbocycles. The van der Waals surface area contributed by atoms with Crippen molar-refractivity contribution in [2.75, 3.05) is 5.32 Å². The maximum absolute atomic E-state index is 12.6. The number of furan rings is 1. The third-order valence-electron chi connectivity index (χ3n) is 4.05. The maximum atomic E-state index is 12.6. The Labute approximate surface area is 142 Å². The topological polar surface area (TPSA) is 71.3 Å². The van der Waals surface area contributed by atoms with Crippen LogP contribution in [0.25, 0.3) is 0 Å². The Balaban J connectivity index is 2.08. The quantitative estimate of drug-likeness (QED) is 0.825. The molecule has 2 N–H and O–H groups in total. The van der Waals surface area contributed by atoms with Gasteiger partial charge < -0.3 is 15.1 Å². The van der Waals surface area contributed by atoms with Crippen molar-refractivity contribution < 1.29 is 14.0 Å². The summed E-state index contributed by atoms with van der Waals surface area (Å²) in [6.07, 6.45) is 1.54. The Morgan fingerprint density at radius 1 is 1.08 bits per heavy atom. The highest BCUT2D eigenvalue weighted by atomic mass is 16.3. The van der Waals surface area contributed by atoms with Gasteiger partial charge in [0.25, 0.3) is 0 Å². The molecule has 0 aliphatic carbocycles. The molecule has 0 fully saturated rings. The number of carbonyl (C=O) groups excluding carboxylic acids is 2. The van der Waals surface area contributed by atoms with Crippen LogP contribution in [0.3, 0.4) is 0 Å². The van der Waals surface area contributed by atoms with Gasteiger partial charge in [-0.3, -0.25) is 9.59 Å². The summed E-state index contributed by atoms with van der Waals surface area (Å²) < 4.78 is 5.18. The fraction of sp³-hybridized carbons (Fsp3) is 0.368. The van der Waals surface area contributed by atoms with Gasteiger partial charge in [0, 0.05) is 5.69 Å². The Bertz CT molecular complexity index is 723. The van der Waals surface area contributed by atoms with Crippen LogP contribution in [0.4, 0.5) is 5.69 Å². The first-order valence-corrected chi connectivity index (χ1v) is 7.92. The van der Waals surface area contributed by atoms with Crippen molar-refractivity contribution in [3.63, 3.8) is 0 Å². The lowest BCUT2D eigenvalue weighted by Gasteiger charge is -2.24. The number of carbonyl (C=O) groups is 2. The molecule has 0 spiro atoms. The fourth-order valence-electron chi connectivity index (χ4n) is 2.55. The number of nitrogens with one attached hydrogen (secondary N) is 2. The van der Waals surface area contributed by atoms with E-state index in [2.05, 4.69) is 10.6 Å². The predicted octanol–water partition coefficient (Wildman–Crippen LogP) is 3.49. The van der Waals surface area contributed by atoms with Crippen LogP contribution in [0, 0.1) is 26.2 Å². The van der Waals surface area contributed by atoms with Crippen LogP contribution >= 0.6 is 0 Å². The molecule has 5 heteroatoms. The van der Waals surface area contributed by atoms with E-state index in [4.69, 9.17) is 4.42 Å². The highest BCUT2D eigenvalue weighted by Crippen LogP contribution is 2.25. The van der Waals surface area contributed by atoms with Gasteiger partial charge in [0.2, 0.25) is 11.8 Å². The lowest BCUT2D eigenvalue weighted by molar-refractivity contribution is -0.138. The smallest absolute Gasteiger partial charge is 0.239 e. The number of benzene rings is 1. The largest absolute Gasteiger partial charge is 0.467 e. The maximum Gasteiger partial charge on any atom is 0.239 e. The predicted molar refractivity (Wildman–Crippen MR) is 93.6 cm³/mol. The van der Waals surface area contributed by atoms with Crippen molar-refractivity contribution >= 4 is 17.5 Å². The molecule has 128 valence electrons. The van der Waals surface area contributed by atoms with E-state index in [1.165, 1.54) is 0 Å². The van der Waals surface area contributed by atoms with E-state index in [1.807, 2.05) is 32.9 Å². The lowest BCUT2D eigenvalue weighted by Crippen LogP contribution is -2.45. The van der Waals surface area contributed by atoms with E-state index >= 15 is 0 Å². The molecule has 0 aliphatic heterocycles. The third kappa shape index (κ3) is 3.85. The van der Waals surface area contributed by atoms with Crippen LogP contribution < -0.4 is 10.6 Å². The average Bonchev–Trinajstić information content (AvgIpc) is 3.01. The van der Waals surface area contributed by atoms with Crippen molar-refractivity contribution in [2.24, 2.45) is 5.41 Å². The molecule has 0 radical (unpaired) electrons. The highest BCUT2D eigenvalue weighted by Gasteiger charge is 2.36. The third-order valence-corrected chi connectivity index (χ3v) is 4.05. The molecule has 0 bridgehead atoms. The van der Waals surface area contributed by atoms with Gasteiger partial charge in [-0.15, -0.1) is 0 Å². The first kappa shape index (κ1) is 17.8. The van der Waals surface area contributed by atoms with Crippen LogP contribution in [-0.2, 0) is 16.1 Å². The minimum atomic E-state index is -1.20. The summed E-state index contributed by atoms with van der Waals surface area (Å²) in [5.41, 5.74) is 2.66. The summed E-state index contributed by atoms with van der Waals surface area (Å²) in [6.45, 7) is 9.37. The zero-order chi connectivity index (χ0) is 17.9. The van der Waals surface area contributed by atoms with E-state index in [0.29, 0.717) is 5.76 Å². The van der Waals surface area contributed by atoms with Crippen molar-refractivity contribution in [3.05, 3.63) is 53.0 Å². The first-order valence-electron chi connectivity index (χ1n) is 7.92. The van der Waals surface area contributed by atoms with Gasteiger partial charge in [0.15, 0.2) is 0 Å². The number of amides is 2. The van der Waals surface area contributed by atoms with Gasteiger partial charge in [-0.2, -0.15) is 0 Å². The molecular weight excluding hydrogens is 304 g/mol. The molecule has 2 aromatic rings. The standard InChI is InChI=1S/C19H24N2O3/c1-12-9-13(2)16(14(3)10-12)21-18(23)19(4,5)17(22)20-11-15-7-6-8-24-15/h6-10H,11H2,1-5H3,(H,20,22)(H,21,23). The average molecular weight is 328 g/mol. The molecule has 0 saturated heterocycles. The molecular formula is C19H24N2O3. The van der Waals surface area contributed by atoms with Gasteiger partial charge in [0.1, 0.15) is 11.2 Å². The summed E-state index contributed by atoms with van der Waals surface area (Å²) >= 11 is 0. The minimum absolute atomic E-state index is 0.255. The zero-order valence-corrected chi connectivity index (χ0v) is 14.8. The monoisotopic (exact) mass is 328 g/mol. The van der Waals surface area contributed by atoms with Crippen molar-refractivity contribution in [3.8, 4) is 0 Å². The second-order valence-electron chi connectivity index (χ2n) is 6.61. The molecule has 1 aromatic heterocycles. The Morgan fingerprint density at radius 2 is 1.71 bits per heavy atom. The summed E-state index contributed by atoms with van der Waals surface area (Å²) in [7, 11) is 0. The number of aryl methyl sites for hydroxylation is 3. The van der Waals surface area contributed by atoms with Crippen LogP contribution in [0.5, 0.6) is 0 Å². The van der Waals surface area contributed by atoms with E-state index in [1.54, 1.807) is 32.2 Å². The minimum Gasteiger partial charge on any atom is -0.467 e. The molecule has 0 aliphatic rings. The molecule has 0 unspecified atom stereocenters. The summed E-state index contributed by atoms with van der Waals surface area (Å²) in [5.74, 6) is -0.0434. The van der Waals surface area contributed by atoms with E-state index < -0.39 is 5.41 Å². The second-order valence-corrected chi connectivity index (χ2v) is 6.61. The summed E-state index contributed by atoms with van der Waals surface area (Å²) in [6, 6.07) is 7.54. The molecule has 2 amide bonds. The molecule has 2 rings (SSSR count). The van der Waals surface area contributed by atoms with Crippen LogP contribution in [0.2, 0.25) is 0 Å². The van der Waals surface area contributed by atoms with Gasteiger partial charge in [0.05, 0.1) is 12.8 Å². The van der Waals surface area contributed by atoms with Crippen LogP contribution in [0.1, 0.15) is 36.3 Å². The van der Waals surface area contributed by atoms with Crippen molar-refractivity contribution in [1.82, 2.24) is 5.32 Å². The van der Waals surface area contributed by atoms with Gasteiger partial charge >= 0.3 is 0 Å². The molecule has 1 heterocycles. The number of rotatable bonds is 5.